The maximum Gasteiger partial charge on any atom is 0.433 e. The summed E-state index contributed by atoms with van der Waals surface area (Å²) in [4.78, 5) is 36.7. The molecule has 1 aliphatic rings. The van der Waals surface area contributed by atoms with Crippen molar-refractivity contribution >= 4 is 23.3 Å². The van der Waals surface area contributed by atoms with E-state index >= 15 is 0 Å². The topological polar surface area (TPSA) is 96.9 Å². The van der Waals surface area contributed by atoms with Crippen molar-refractivity contribution in [1.29, 1.82) is 0 Å². The average Bonchev–Trinajstić information content (AvgIpc) is 3.75. The van der Waals surface area contributed by atoms with E-state index in [0.29, 0.717) is 34.4 Å². The monoisotopic (exact) mass is 535 g/mol. The van der Waals surface area contributed by atoms with Gasteiger partial charge in [0, 0.05) is 46.4 Å². The van der Waals surface area contributed by atoms with Crippen molar-refractivity contribution in [3.63, 3.8) is 0 Å². The van der Waals surface area contributed by atoms with Crippen molar-refractivity contribution in [3.05, 3.63) is 89.8 Å². The van der Waals surface area contributed by atoms with Gasteiger partial charge in [0.25, 0.3) is 5.91 Å². The van der Waals surface area contributed by atoms with Crippen molar-refractivity contribution in [2.45, 2.75) is 25.9 Å². The van der Waals surface area contributed by atoms with Gasteiger partial charge in [0.15, 0.2) is 0 Å². The summed E-state index contributed by atoms with van der Waals surface area (Å²) in [6, 6.07) is 12.4. The molecule has 0 saturated heterocycles. The number of amides is 2. The first-order valence-electron chi connectivity index (χ1n) is 12.0. The third-order valence-corrected chi connectivity index (χ3v) is 6.06. The Morgan fingerprint density at radius 2 is 1.67 bits per heavy atom. The summed E-state index contributed by atoms with van der Waals surface area (Å²) in [6.07, 6.45) is -0.541. The molecule has 0 aliphatic heterocycles. The summed E-state index contributed by atoms with van der Waals surface area (Å²) < 4.78 is 53.9. The Morgan fingerprint density at radius 3 is 2.41 bits per heavy atom. The summed E-state index contributed by atoms with van der Waals surface area (Å²) >= 11 is 0. The Bertz CT molecular complexity index is 1580. The van der Waals surface area contributed by atoms with Crippen LogP contribution in [0.2, 0.25) is 0 Å². The van der Waals surface area contributed by atoms with Crippen molar-refractivity contribution in [2.24, 2.45) is 5.92 Å². The predicted octanol–water partition coefficient (Wildman–Crippen LogP) is 6.27. The number of hydrogen-bond donors (Lipinski definition) is 2. The van der Waals surface area contributed by atoms with E-state index in [0.717, 1.165) is 31.2 Å². The van der Waals surface area contributed by atoms with E-state index in [-0.39, 0.29) is 28.6 Å². The minimum absolute atomic E-state index is 0.0140. The largest absolute Gasteiger partial charge is 0.433 e. The van der Waals surface area contributed by atoms with Gasteiger partial charge in [-0.2, -0.15) is 13.2 Å². The highest BCUT2D eigenvalue weighted by Gasteiger charge is 2.33. The van der Waals surface area contributed by atoms with E-state index in [1.807, 2.05) is 0 Å². The smallest absolute Gasteiger partial charge is 0.322 e. The number of aryl methyl sites for hydroxylation is 1. The fourth-order valence-electron chi connectivity index (χ4n) is 3.96. The minimum Gasteiger partial charge on any atom is -0.322 e. The zero-order valence-corrected chi connectivity index (χ0v) is 20.5. The molecule has 2 N–H and O–H groups in total. The molecule has 7 nitrogen and oxygen atoms in total. The lowest BCUT2D eigenvalue weighted by Crippen LogP contribution is -2.15. The van der Waals surface area contributed by atoms with E-state index in [4.69, 9.17) is 0 Å². The van der Waals surface area contributed by atoms with Crippen molar-refractivity contribution in [2.75, 3.05) is 10.6 Å². The summed E-state index contributed by atoms with van der Waals surface area (Å²) in [6.45, 7) is 1.75. The van der Waals surface area contributed by atoms with Crippen LogP contribution >= 0.6 is 0 Å². The number of halogens is 4. The minimum atomic E-state index is -4.70. The second-order valence-electron chi connectivity index (χ2n) is 9.15. The van der Waals surface area contributed by atoms with Crippen molar-refractivity contribution in [3.8, 4) is 22.4 Å². The number of anilines is 2. The first-order chi connectivity index (χ1) is 18.6. The Balaban J connectivity index is 1.42. The summed E-state index contributed by atoms with van der Waals surface area (Å²) in [5.74, 6) is -1.06. The van der Waals surface area contributed by atoms with Crippen molar-refractivity contribution in [1.82, 2.24) is 15.0 Å². The van der Waals surface area contributed by atoms with E-state index in [9.17, 15) is 27.2 Å². The number of rotatable bonds is 6. The van der Waals surface area contributed by atoms with Crippen LogP contribution in [0.15, 0.2) is 67.0 Å². The Labute approximate surface area is 220 Å². The normalized spacial score (nSPS) is 13.2. The van der Waals surface area contributed by atoms with Crippen LogP contribution < -0.4 is 10.6 Å². The van der Waals surface area contributed by atoms with Gasteiger partial charge in [-0.3, -0.25) is 19.6 Å². The summed E-state index contributed by atoms with van der Waals surface area (Å²) in [7, 11) is 0. The van der Waals surface area contributed by atoms with Gasteiger partial charge in [-0.05, 0) is 79.9 Å². The lowest BCUT2D eigenvalue weighted by Gasteiger charge is -2.12. The molecule has 0 atom stereocenters. The van der Waals surface area contributed by atoms with Gasteiger partial charge < -0.3 is 10.6 Å². The fourth-order valence-corrected chi connectivity index (χ4v) is 3.96. The fraction of sp³-hybridized carbons (Fsp3) is 0.179. The molecule has 0 radical (unpaired) electrons. The molecular weight excluding hydrogens is 514 g/mol. The standard InChI is InChI=1S/C28H21F4N5O2/c1-15-10-19(11-23(35-15)17-6-9-34-25(13-17)37-26(38)16-2-3-16)21-14-20(4-5-22(21)29)36-27(39)18-7-8-33-24(12-18)28(30,31)32/h4-14,16H,2-3H2,1H3,(H,36,39)(H,34,37,38). The lowest BCUT2D eigenvalue weighted by atomic mass is 10.0. The number of hydrogen-bond acceptors (Lipinski definition) is 5. The molecule has 3 heterocycles. The predicted molar refractivity (Wildman–Crippen MR) is 136 cm³/mol. The van der Waals surface area contributed by atoms with E-state index < -0.39 is 23.6 Å². The van der Waals surface area contributed by atoms with Gasteiger partial charge in [0.2, 0.25) is 5.91 Å². The summed E-state index contributed by atoms with van der Waals surface area (Å²) in [5.41, 5.74) is 1.13. The Hall–Kier alpha value is -4.67. The van der Waals surface area contributed by atoms with Gasteiger partial charge in [0.1, 0.15) is 17.3 Å². The van der Waals surface area contributed by atoms with Gasteiger partial charge >= 0.3 is 6.18 Å². The molecule has 1 saturated carbocycles. The molecule has 3 aromatic heterocycles. The van der Waals surface area contributed by atoms with E-state index in [1.165, 1.54) is 12.1 Å². The number of benzene rings is 1. The highest BCUT2D eigenvalue weighted by Crippen LogP contribution is 2.33. The van der Waals surface area contributed by atoms with Crippen LogP contribution in [0.1, 0.15) is 34.6 Å². The van der Waals surface area contributed by atoms with E-state index in [1.54, 1.807) is 37.4 Å². The first-order valence-corrected chi connectivity index (χ1v) is 12.0. The average molecular weight is 536 g/mol. The summed E-state index contributed by atoms with van der Waals surface area (Å²) in [5, 5.41) is 5.30. The maximum absolute atomic E-state index is 14.9. The number of nitrogens with one attached hydrogen (secondary N) is 2. The molecule has 1 fully saturated rings. The van der Waals surface area contributed by atoms with Gasteiger partial charge in [-0.15, -0.1) is 0 Å². The lowest BCUT2D eigenvalue weighted by molar-refractivity contribution is -0.141. The molecule has 5 rings (SSSR count). The molecule has 1 aromatic carbocycles. The van der Waals surface area contributed by atoms with E-state index in [2.05, 4.69) is 25.6 Å². The maximum atomic E-state index is 14.9. The molecule has 0 unspecified atom stereocenters. The van der Waals surface area contributed by atoms with Crippen LogP contribution in [0.3, 0.4) is 0 Å². The van der Waals surface area contributed by atoms with Crippen LogP contribution in [0, 0.1) is 18.7 Å². The van der Waals surface area contributed by atoms with Crippen LogP contribution in [-0.2, 0) is 11.0 Å². The van der Waals surface area contributed by atoms with Crippen LogP contribution in [-0.4, -0.2) is 26.8 Å². The molecule has 0 bridgehead atoms. The molecule has 11 heteroatoms. The molecule has 1 aliphatic carbocycles. The third kappa shape index (κ3) is 6.08. The highest BCUT2D eigenvalue weighted by molar-refractivity contribution is 6.04. The number of carbonyl (C=O) groups excluding carboxylic acids is 2. The molecule has 198 valence electrons. The van der Waals surface area contributed by atoms with Gasteiger partial charge in [-0.1, -0.05) is 0 Å². The number of alkyl halides is 3. The van der Waals surface area contributed by atoms with Crippen LogP contribution in [0.5, 0.6) is 0 Å². The van der Waals surface area contributed by atoms with Crippen molar-refractivity contribution < 1.29 is 27.2 Å². The Kier molecular flexibility index (Phi) is 6.81. The molecule has 2 amide bonds. The van der Waals surface area contributed by atoms with Gasteiger partial charge in [-0.25, -0.2) is 9.37 Å². The van der Waals surface area contributed by atoms with Gasteiger partial charge in [0.05, 0.1) is 5.69 Å². The number of carbonyl (C=O) groups is 2. The number of pyridine rings is 3. The highest BCUT2D eigenvalue weighted by atomic mass is 19.4. The number of aromatic nitrogens is 3. The third-order valence-electron chi connectivity index (χ3n) is 6.06. The van der Waals surface area contributed by atoms with Crippen LogP contribution in [0.4, 0.5) is 29.1 Å². The Morgan fingerprint density at radius 1 is 0.897 bits per heavy atom. The SMILES string of the molecule is Cc1cc(-c2cc(NC(=O)c3ccnc(C(F)(F)F)c3)ccc2F)cc(-c2ccnc(NC(=O)C3CC3)c2)n1. The first kappa shape index (κ1) is 26.0. The molecular formula is C28H21F4N5O2. The molecule has 39 heavy (non-hydrogen) atoms. The quantitative estimate of drug-likeness (QED) is 0.284. The second kappa shape index (κ2) is 10.2. The number of nitrogens with zero attached hydrogens (tertiary/aromatic N) is 3. The second-order valence-corrected chi connectivity index (χ2v) is 9.15. The zero-order chi connectivity index (χ0) is 27.7. The van der Waals surface area contributed by atoms with Crippen LogP contribution in [0.25, 0.3) is 22.4 Å². The molecule has 4 aromatic rings. The zero-order valence-electron chi connectivity index (χ0n) is 20.5. The molecule has 0 spiro atoms.